The number of quaternary nitrogens is 1. The van der Waals surface area contributed by atoms with Gasteiger partial charge in [-0.3, -0.25) is 0 Å². The summed E-state index contributed by atoms with van der Waals surface area (Å²) in [6.07, 6.45) is -1.37. The number of carboxylic acid groups (broad SMARTS) is 2. The van der Waals surface area contributed by atoms with Crippen LogP contribution in [0.3, 0.4) is 0 Å². The molecule has 0 bridgehead atoms. The van der Waals surface area contributed by atoms with E-state index in [1.165, 1.54) is 0 Å². The summed E-state index contributed by atoms with van der Waals surface area (Å²) in [6.45, 7) is 1.68. The Morgan fingerprint density at radius 1 is 1.12 bits per heavy atom. The Kier molecular flexibility index (Phi) is 3.56. The van der Waals surface area contributed by atoms with Gasteiger partial charge >= 0.3 is 12.1 Å². The number of nitrogens with zero attached hydrogens (tertiary/aromatic N) is 1. The molecule has 2 aliphatic rings. The summed E-state index contributed by atoms with van der Waals surface area (Å²) >= 11 is 0. The second-order valence-electron chi connectivity index (χ2n) is 7.36. The number of carboxylic acids is 1. The maximum absolute atomic E-state index is 12.6. The normalized spacial score (nSPS) is 31.7. The number of para-hydroxylation sites is 1. The molecule has 2 aromatic carbocycles. The van der Waals surface area contributed by atoms with Gasteiger partial charge in [-0.2, -0.15) is 9.28 Å². The van der Waals surface area contributed by atoms with E-state index in [9.17, 15) is 19.8 Å². The van der Waals surface area contributed by atoms with Crippen LogP contribution in [0.5, 0.6) is 0 Å². The molecule has 1 fully saturated rings. The summed E-state index contributed by atoms with van der Waals surface area (Å²) < 4.78 is -0.564. The Morgan fingerprint density at radius 3 is 2.42 bits per heavy atom. The van der Waals surface area contributed by atoms with Crippen LogP contribution in [0.1, 0.15) is 30.4 Å². The number of carbonyl (C=O) groups is 2. The third-order valence-electron chi connectivity index (χ3n) is 6.09. The molecule has 0 aromatic heterocycles. The molecule has 4 atom stereocenters. The van der Waals surface area contributed by atoms with Crippen molar-refractivity contribution in [2.45, 2.75) is 37.5 Å². The monoisotopic (exact) mass is 353 g/mol. The number of rotatable bonds is 3. The van der Waals surface area contributed by atoms with Crippen molar-refractivity contribution in [1.29, 1.82) is 0 Å². The predicted octanol–water partition coefficient (Wildman–Crippen LogP) is 3.46. The van der Waals surface area contributed by atoms with Crippen molar-refractivity contribution in [3.63, 3.8) is 0 Å². The van der Waals surface area contributed by atoms with Gasteiger partial charge in [-0.05, 0) is 11.6 Å². The van der Waals surface area contributed by atoms with Gasteiger partial charge in [0.2, 0.25) is 5.54 Å². The van der Waals surface area contributed by atoms with Gasteiger partial charge in [0, 0.05) is 24.6 Å². The molecule has 6 nitrogen and oxygen atoms in total. The average molecular weight is 353 g/mol. The van der Waals surface area contributed by atoms with Crippen molar-refractivity contribution in [3.05, 3.63) is 65.7 Å². The highest BCUT2D eigenvalue weighted by Gasteiger charge is 2.72. The molecule has 0 radical (unpaired) electrons. The number of amides is 1. The number of benzene rings is 2. The molecule has 1 saturated heterocycles. The summed E-state index contributed by atoms with van der Waals surface area (Å²) in [5.74, 6) is -1.24. The first kappa shape index (κ1) is 16.6. The average Bonchev–Trinajstić information content (AvgIpc) is 3.09. The molecule has 134 valence electrons. The van der Waals surface area contributed by atoms with E-state index < -0.39 is 28.3 Å². The van der Waals surface area contributed by atoms with Gasteiger partial charge < -0.3 is 15.5 Å². The zero-order chi connectivity index (χ0) is 18.5. The Bertz CT molecular complexity index is 884. The van der Waals surface area contributed by atoms with Crippen molar-refractivity contribution in [2.24, 2.45) is 0 Å². The van der Waals surface area contributed by atoms with Gasteiger partial charge in [0.05, 0.1) is 5.92 Å². The number of hydrogen-bond acceptors (Lipinski definition) is 3. The zero-order valence-corrected chi connectivity index (χ0v) is 14.4. The quantitative estimate of drug-likeness (QED) is 0.736. The lowest BCUT2D eigenvalue weighted by Crippen LogP contribution is -2.69. The first-order valence-electron chi connectivity index (χ1n) is 8.64. The highest BCUT2D eigenvalue weighted by Crippen LogP contribution is 2.55. The fourth-order valence-electron chi connectivity index (χ4n) is 4.72. The van der Waals surface area contributed by atoms with Crippen molar-refractivity contribution in [3.8, 4) is 0 Å². The van der Waals surface area contributed by atoms with Crippen LogP contribution in [0.15, 0.2) is 54.6 Å². The van der Waals surface area contributed by atoms with E-state index >= 15 is 0 Å². The third-order valence-corrected chi connectivity index (χ3v) is 6.09. The lowest BCUT2D eigenvalue weighted by atomic mass is 9.89. The van der Waals surface area contributed by atoms with Gasteiger partial charge in [0.1, 0.15) is 6.54 Å². The van der Waals surface area contributed by atoms with Crippen molar-refractivity contribution < 1.29 is 24.3 Å². The number of anilines is 1. The molecule has 1 amide bonds. The molecule has 0 saturated carbocycles. The van der Waals surface area contributed by atoms with Gasteiger partial charge in [-0.1, -0.05) is 48.5 Å². The lowest BCUT2D eigenvalue weighted by molar-refractivity contribution is -0.916. The topological polar surface area (TPSA) is 86.6 Å². The van der Waals surface area contributed by atoms with Crippen LogP contribution in [-0.4, -0.2) is 38.5 Å². The summed E-state index contributed by atoms with van der Waals surface area (Å²) in [5.41, 5.74) is 1.27. The molecule has 2 aromatic rings. The molecule has 4 unspecified atom stereocenters. The molecule has 26 heavy (non-hydrogen) atoms. The van der Waals surface area contributed by atoms with Crippen LogP contribution in [0.2, 0.25) is 0 Å². The van der Waals surface area contributed by atoms with E-state index in [1.54, 1.807) is 6.92 Å². The van der Waals surface area contributed by atoms with E-state index in [1.807, 2.05) is 54.6 Å². The Labute approximate surface area is 151 Å². The van der Waals surface area contributed by atoms with Gasteiger partial charge in [-0.15, -0.1) is 0 Å². The number of aliphatic carboxylic acids is 1. The van der Waals surface area contributed by atoms with Crippen molar-refractivity contribution in [1.82, 2.24) is 0 Å². The number of fused-ring (bicyclic) bond motifs is 3. The fourth-order valence-corrected chi connectivity index (χ4v) is 4.72. The van der Waals surface area contributed by atoms with Gasteiger partial charge in [0.25, 0.3) is 0 Å². The maximum atomic E-state index is 12.6. The third kappa shape index (κ3) is 2.02. The smallest absolute Gasteiger partial charge is 0.477 e. The van der Waals surface area contributed by atoms with Crippen LogP contribution in [0, 0.1) is 0 Å². The maximum Gasteiger partial charge on any atom is 0.516 e. The second kappa shape index (κ2) is 5.57. The zero-order valence-electron chi connectivity index (χ0n) is 14.4. The Hall–Kier alpha value is -2.86. The van der Waals surface area contributed by atoms with Crippen LogP contribution >= 0.6 is 0 Å². The van der Waals surface area contributed by atoms with E-state index in [4.69, 9.17) is 0 Å². The number of hydrogen-bond donors (Lipinski definition) is 3. The standard InChI is InChI=1S/C20H20N2O4/c1-20(18(23)24)11-15-14-9-5-6-10-16(14)21-17(15)22(20,19(25)26)12-13-7-3-2-4-8-13/h2-10,15,17,21H,11-12H2,1H3,(H-,23,24,25,26)/p+1. The first-order valence-corrected chi connectivity index (χ1v) is 8.64. The van der Waals surface area contributed by atoms with Crippen LogP contribution < -0.4 is 5.32 Å². The van der Waals surface area contributed by atoms with Crippen LogP contribution in [-0.2, 0) is 11.3 Å². The van der Waals surface area contributed by atoms with Crippen molar-refractivity contribution in [2.75, 3.05) is 5.32 Å². The molecule has 0 aliphatic carbocycles. The number of nitrogens with one attached hydrogen (secondary N) is 1. The van der Waals surface area contributed by atoms with Crippen molar-refractivity contribution >= 4 is 17.7 Å². The molecule has 0 spiro atoms. The highest BCUT2D eigenvalue weighted by atomic mass is 16.4. The van der Waals surface area contributed by atoms with Crippen LogP contribution in [0.25, 0.3) is 0 Å². The van der Waals surface area contributed by atoms with E-state index in [-0.39, 0.29) is 18.9 Å². The molecular formula is C20H21N2O4+. The largest absolute Gasteiger partial charge is 0.516 e. The van der Waals surface area contributed by atoms with E-state index in [0.717, 1.165) is 16.8 Å². The van der Waals surface area contributed by atoms with Gasteiger partial charge in [-0.25, -0.2) is 4.79 Å². The molecule has 2 aliphatic heterocycles. The predicted molar refractivity (Wildman–Crippen MR) is 95.7 cm³/mol. The number of likely N-dealkylation sites (tertiary alicyclic amines) is 1. The Balaban J connectivity index is 1.89. The molecule has 6 heteroatoms. The second-order valence-corrected chi connectivity index (χ2v) is 7.36. The summed E-state index contributed by atoms with van der Waals surface area (Å²) in [7, 11) is 0. The SMILES string of the molecule is CC1(C(=O)O)CC2c3ccccc3NC2[N+]1(Cc1ccccc1)C(=O)O. The molecule has 2 heterocycles. The minimum atomic E-state index is -1.43. The Morgan fingerprint density at radius 2 is 1.77 bits per heavy atom. The minimum Gasteiger partial charge on any atom is -0.477 e. The lowest BCUT2D eigenvalue weighted by Gasteiger charge is -2.42. The van der Waals surface area contributed by atoms with Crippen LogP contribution in [0.4, 0.5) is 10.5 Å². The van der Waals surface area contributed by atoms with E-state index in [2.05, 4.69) is 5.32 Å². The molecule has 3 N–H and O–H groups in total. The summed E-state index contributed by atoms with van der Waals surface area (Å²) in [5, 5.41) is 23.7. The fraction of sp³-hybridized carbons (Fsp3) is 0.300. The van der Waals surface area contributed by atoms with Gasteiger partial charge in [0.15, 0.2) is 6.17 Å². The minimum absolute atomic E-state index is 0.112. The molecular weight excluding hydrogens is 332 g/mol. The van der Waals surface area contributed by atoms with E-state index in [0.29, 0.717) is 0 Å². The summed E-state index contributed by atoms with van der Waals surface area (Å²) in [6, 6.07) is 16.9. The first-order chi connectivity index (χ1) is 12.4. The highest BCUT2D eigenvalue weighted by molar-refractivity contribution is 5.81. The molecule has 4 rings (SSSR count). The summed E-state index contributed by atoms with van der Waals surface area (Å²) in [4.78, 5) is 24.9.